The summed E-state index contributed by atoms with van der Waals surface area (Å²) in [4.78, 5) is 0. The molecule has 1 atom stereocenters. The summed E-state index contributed by atoms with van der Waals surface area (Å²) in [5.74, 6) is 0.559. The second-order valence-corrected chi connectivity index (χ2v) is 4.50. The van der Waals surface area contributed by atoms with Crippen LogP contribution < -0.4 is 0 Å². The lowest BCUT2D eigenvalue weighted by Crippen LogP contribution is -2.24. The third kappa shape index (κ3) is 2.96. The van der Waals surface area contributed by atoms with Crippen LogP contribution in [0, 0.1) is 5.92 Å². The van der Waals surface area contributed by atoms with Crippen LogP contribution in [0.3, 0.4) is 0 Å². The maximum absolute atomic E-state index is 9.59. The van der Waals surface area contributed by atoms with Gasteiger partial charge in [0.1, 0.15) is 0 Å². The number of hydrogen-bond donors (Lipinski definition) is 1. The number of hydrogen-bond acceptors (Lipinski definition) is 2. The summed E-state index contributed by atoms with van der Waals surface area (Å²) in [7, 11) is 0. The highest BCUT2D eigenvalue weighted by molar-refractivity contribution is 4.81. The highest BCUT2D eigenvalue weighted by atomic mass is 16.5. The second-order valence-electron chi connectivity index (χ2n) is 4.50. The topological polar surface area (TPSA) is 29.5 Å². The van der Waals surface area contributed by atoms with E-state index >= 15 is 0 Å². The van der Waals surface area contributed by atoms with Crippen LogP contribution in [-0.4, -0.2) is 23.9 Å². The molecule has 0 radical (unpaired) electrons. The molecule has 0 spiro atoms. The second kappa shape index (κ2) is 4.43. The van der Waals surface area contributed by atoms with E-state index in [4.69, 9.17) is 4.74 Å². The third-order valence-electron chi connectivity index (χ3n) is 3.22. The standard InChI is InChI=1S/C11H20O2/c12-11(9-6-7-9)8-13-10-4-2-1-3-5-10/h9-12H,1-8H2. The fraction of sp³-hybridized carbons (Fsp3) is 1.00. The summed E-state index contributed by atoms with van der Waals surface area (Å²) >= 11 is 0. The van der Waals surface area contributed by atoms with E-state index in [0.29, 0.717) is 18.6 Å². The molecule has 0 bridgehead atoms. The predicted molar refractivity (Wildman–Crippen MR) is 51.6 cm³/mol. The van der Waals surface area contributed by atoms with Crippen molar-refractivity contribution in [2.24, 2.45) is 5.92 Å². The van der Waals surface area contributed by atoms with Gasteiger partial charge < -0.3 is 9.84 Å². The van der Waals surface area contributed by atoms with Crippen LogP contribution in [0.4, 0.5) is 0 Å². The molecule has 0 aromatic heterocycles. The van der Waals surface area contributed by atoms with Gasteiger partial charge in [0.05, 0.1) is 18.8 Å². The van der Waals surface area contributed by atoms with Gasteiger partial charge >= 0.3 is 0 Å². The van der Waals surface area contributed by atoms with Crippen molar-refractivity contribution >= 4 is 0 Å². The van der Waals surface area contributed by atoms with Gasteiger partial charge in [-0.2, -0.15) is 0 Å². The van der Waals surface area contributed by atoms with Crippen LogP contribution in [0.15, 0.2) is 0 Å². The normalized spacial score (nSPS) is 27.5. The largest absolute Gasteiger partial charge is 0.390 e. The quantitative estimate of drug-likeness (QED) is 0.725. The zero-order valence-electron chi connectivity index (χ0n) is 8.24. The molecule has 1 N–H and O–H groups in total. The van der Waals surface area contributed by atoms with E-state index in [-0.39, 0.29) is 6.10 Å². The molecule has 2 fully saturated rings. The van der Waals surface area contributed by atoms with Gasteiger partial charge in [0.2, 0.25) is 0 Å². The Balaban J connectivity index is 1.60. The molecule has 0 aromatic rings. The average molecular weight is 184 g/mol. The van der Waals surface area contributed by atoms with E-state index in [1.807, 2.05) is 0 Å². The fourth-order valence-electron chi connectivity index (χ4n) is 2.08. The molecule has 0 saturated heterocycles. The first-order valence-corrected chi connectivity index (χ1v) is 5.66. The van der Waals surface area contributed by atoms with Crippen LogP contribution in [0.25, 0.3) is 0 Å². The molecule has 2 saturated carbocycles. The van der Waals surface area contributed by atoms with Gasteiger partial charge in [-0.25, -0.2) is 0 Å². The fourth-order valence-corrected chi connectivity index (χ4v) is 2.08. The summed E-state index contributed by atoms with van der Waals surface area (Å²) in [6.45, 7) is 0.579. The van der Waals surface area contributed by atoms with Gasteiger partial charge in [0.15, 0.2) is 0 Å². The first-order valence-electron chi connectivity index (χ1n) is 5.66. The molecule has 76 valence electrons. The molecule has 0 aliphatic heterocycles. The van der Waals surface area contributed by atoms with Crippen molar-refractivity contribution in [1.29, 1.82) is 0 Å². The minimum atomic E-state index is -0.179. The molecule has 2 nitrogen and oxygen atoms in total. The van der Waals surface area contributed by atoms with Crippen LogP contribution in [-0.2, 0) is 4.74 Å². The van der Waals surface area contributed by atoms with E-state index in [0.717, 1.165) is 0 Å². The minimum absolute atomic E-state index is 0.179. The van der Waals surface area contributed by atoms with Crippen LogP contribution in [0.1, 0.15) is 44.9 Å². The molecule has 1 unspecified atom stereocenters. The zero-order chi connectivity index (χ0) is 9.10. The van der Waals surface area contributed by atoms with Crippen molar-refractivity contribution in [1.82, 2.24) is 0 Å². The summed E-state index contributed by atoms with van der Waals surface area (Å²) < 4.78 is 5.70. The third-order valence-corrected chi connectivity index (χ3v) is 3.22. The lowest BCUT2D eigenvalue weighted by molar-refractivity contribution is -0.0302. The molecule has 2 aliphatic carbocycles. The van der Waals surface area contributed by atoms with E-state index in [9.17, 15) is 5.11 Å². The number of aliphatic hydroxyl groups is 1. The van der Waals surface area contributed by atoms with Crippen molar-refractivity contribution in [3.63, 3.8) is 0 Å². The van der Waals surface area contributed by atoms with Gasteiger partial charge in [-0.15, -0.1) is 0 Å². The van der Waals surface area contributed by atoms with Crippen molar-refractivity contribution in [3.8, 4) is 0 Å². The van der Waals surface area contributed by atoms with E-state index in [1.165, 1.54) is 44.9 Å². The molecule has 0 heterocycles. The lowest BCUT2D eigenvalue weighted by atomic mass is 9.98. The summed E-state index contributed by atoms with van der Waals surface area (Å²) in [6.07, 6.45) is 9.07. The monoisotopic (exact) mass is 184 g/mol. The van der Waals surface area contributed by atoms with E-state index in [2.05, 4.69) is 0 Å². The van der Waals surface area contributed by atoms with E-state index in [1.54, 1.807) is 0 Å². The molecule has 2 aliphatic rings. The highest BCUT2D eigenvalue weighted by Gasteiger charge is 2.30. The Morgan fingerprint density at radius 2 is 1.77 bits per heavy atom. The van der Waals surface area contributed by atoms with Crippen LogP contribution in [0.2, 0.25) is 0 Å². The number of aliphatic hydroxyl groups excluding tert-OH is 1. The molecule has 0 aromatic carbocycles. The number of rotatable bonds is 4. The maximum atomic E-state index is 9.59. The Kier molecular flexibility index (Phi) is 3.23. The Morgan fingerprint density at radius 3 is 2.38 bits per heavy atom. The van der Waals surface area contributed by atoms with Gasteiger partial charge in [-0.05, 0) is 31.6 Å². The molecule has 2 rings (SSSR count). The van der Waals surface area contributed by atoms with Gasteiger partial charge in [0.25, 0.3) is 0 Å². The Hall–Kier alpha value is -0.0800. The smallest absolute Gasteiger partial charge is 0.0801 e. The van der Waals surface area contributed by atoms with Crippen molar-refractivity contribution in [3.05, 3.63) is 0 Å². The number of ether oxygens (including phenoxy) is 1. The Labute approximate surface area is 80.3 Å². The predicted octanol–water partition coefficient (Wildman–Crippen LogP) is 2.11. The summed E-state index contributed by atoms with van der Waals surface area (Å²) in [6, 6.07) is 0. The van der Waals surface area contributed by atoms with Crippen molar-refractivity contribution in [2.45, 2.75) is 57.2 Å². The summed E-state index contributed by atoms with van der Waals surface area (Å²) in [5.41, 5.74) is 0. The van der Waals surface area contributed by atoms with Crippen LogP contribution in [0.5, 0.6) is 0 Å². The van der Waals surface area contributed by atoms with Gasteiger partial charge in [-0.3, -0.25) is 0 Å². The summed E-state index contributed by atoms with van der Waals surface area (Å²) in [5, 5.41) is 9.59. The van der Waals surface area contributed by atoms with E-state index < -0.39 is 0 Å². The van der Waals surface area contributed by atoms with Gasteiger partial charge in [0, 0.05) is 0 Å². The minimum Gasteiger partial charge on any atom is -0.390 e. The SMILES string of the molecule is OC(COC1CCCCC1)C1CC1. The molecule has 0 amide bonds. The van der Waals surface area contributed by atoms with Crippen LogP contribution >= 0.6 is 0 Å². The van der Waals surface area contributed by atoms with Gasteiger partial charge in [-0.1, -0.05) is 19.3 Å². The first-order chi connectivity index (χ1) is 6.36. The molecule has 13 heavy (non-hydrogen) atoms. The Morgan fingerprint density at radius 1 is 1.08 bits per heavy atom. The molecule has 2 heteroatoms. The average Bonchev–Trinajstić information content (AvgIpc) is 2.99. The highest BCUT2D eigenvalue weighted by Crippen LogP contribution is 2.33. The first kappa shape index (κ1) is 9.47. The van der Waals surface area contributed by atoms with Crippen molar-refractivity contribution < 1.29 is 9.84 Å². The molecular weight excluding hydrogens is 164 g/mol. The van der Waals surface area contributed by atoms with Crippen molar-refractivity contribution in [2.75, 3.05) is 6.61 Å². The molecular formula is C11H20O2. The lowest BCUT2D eigenvalue weighted by Gasteiger charge is -2.23. The Bertz CT molecular complexity index is 148. The zero-order valence-corrected chi connectivity index (χ0v) is 8.24. The maximum Gasteiger partial charge on any atom is 0.0801 e.